The van der Waals surface area contributed by atoms with Crippen LogP contribution in [0.3, 0.4) is 0 Å². The summed E-state index contributed by atoms with van der Waals surface area (Å²) in [5.41, 5.74) is 1.49. The summed E-state index contributed by atoms with van der Waals surface area (Å²) in [4.78, 5) is 2.66. The van der Waals surface area contributed by atoms with Crippen LogP contribution in [0.1, 0.15) is 37.8 Å². The van der Waals surface area contributed by atoms with Crippen molar-refractivity contribution in [3.8, 4) is 0 Å². The molecule has 0 unspecified atom stereocenters. The third kappa shape index (κ3) is 5.09. The van der Waals surface area contributed by atoms with Crippen LogP contribution in [-0.2, 0) is 0 Å². The molecule has 0 aliphatic carbocycles. The van der Waals surface area contributed by atoms with Crippen molar-refractivity contribution in [2.45, 2.75) is 32.2 Å². The molecule has 128 valence electrons. The second-order valence-corrected chi connectivity index (χ2v) is 6.05. The molecule has 0 bridgehead atoms. The lowest BCUT2D eigenvalue weighted by Crippen LogP contribution is -2.45. The molecule has 4 heteroatoms. The smallest absolute Gasteiger partial charge is 0.0349 e. The summed E-state index contributed by atoms with van der Waals surface area (Å²) >= 11 is 0. The second kappa shape index (κ2) is 10.1. The van der Waals surface area contributed by atoms with Gasteiger partial charge in [-0.2, -0.15) is 0 Å². The highest BCUT2D eigenvalue weighted by molar-refractivity contribution is 5.85. The van der Waals surface area contributed by atoms with Crippen molar-refractivity contribution in [3.05, 3.63) is 48.0 Å². The lowest BCUT2D eigenvalue weighted by molar-refractivity contribution is 0.163. The third-order valence-corrected chi connectivity index (χ3v) is 4.58. The highest BCUT2D eigenvalue weighted by Crippen LogP contribution is 2.29. The number of unbranched alkanes of at least 4 members (excludes halogenated alkanes) is 1. The Balaban J connectivity index is 0.00000132. The molecule has 1 saturated heterocycles. The van der Waals surface area contributed by atoms with Crippen molar-refractivity contribution in [2.75, 3.05) is 26.2 Å². The van der Waals surface area contributed by atoms with Gasteiger partial charge >= 0.3 is 0 Å². The molecule has 1 atom stereocenters. The summed E-state index contributed by atoms with van der Waals surface area (Å²) in [7, 11) is 0. The molecule has 23 heavy (non-hydrogen) atoms. The Bertz CT molecular complexity index is 582. The fraction of sp³-hybridized carbons (Fsp3) is 0.474. The number of nitrogens with one attached hydrogen (secondary N) is 1. The molecule has 2 aromatic rings. The van der Waals surface area contributed by atoms with Gasteiger partial charge in [0.05, 0.1) is 0 Å². The van der Waals surface area contributed by atoms with Gasteiger partial charge in [-0.3, -0.25) is 4.90 Å². The highest BCUT2D eigenvalue weighted by Gasteiger charge is 2.21. The average molecular weight is 355 g/mol. The van der Waals surface area contributed by atoms with E-state index in [4.69, 9.17) is 0 Å². The molecule has 1 heterocycles. The number of piperazine rings is 1. The van der Waals surface area contributed by atoms with Crippen LogP contribution in [0.4, 0.5) is 0 Å². The van der Waals surface area contributed by atoms with Crippen LogP contribution in [-0.4, -0.2) is 31.1 Å². The number of halogens is 2. The summed E-state index contributed by atoms with van der Waals surface area (Å²) in [6, 6.07) is 16.3. The number of rotatable bonds is 5. The summed E-state index contributed by atoms with van der Waals surface area (Å²) in [5.74, 6) is 0. The molecular formula is C19H28Cl2N2. The summed E-state index contributed by atoms with van der Waals surface area (Å²) in [6.07, 6.45) is 3.85. The first-order valence-electron chi connectivity index (χ1n) is 8.32. The minimum absolute atomic E-state index is 0. The van der Waals surface area contributed by atoms with Crippen LogP contribution >= 0.6 is 24.8 Å². The number of nitrogens with zero attached hydrogens (tertiary/aromatic N) is 1. The van der Waals surface area contributed by atoms with Crippen molar-refractivity contribution in [1.29, 1.82) is 0 Å². The van der Waals surface area contributed by atoms with E-state index < -0.39 is 0 Å². The quantitative estimate of drug-likeness (QED) is 0.827. The number of hydrogen-bond donors (Lipinski definition) is 1. The van der Waals surface area contributed by atoms with E-state index in [2.05, 4.69) is 59.6 Å². The highest BCUT2D eigenvalue weighted by atomic mass is 35.5. The average Bonchev–Trinajstić information content (AvgIpc) is 2.56. The van der Waals surface area contributed by atoms with E-state index in [0.29, 0.717) is 6.04 Å². The van der Waals surface area contributed by atoms with Crippen LogP contribution in [0.5, 0.6) is 0 Å². The van der Waals surface area contributed by atoms with E-state index in [9.17, 15) is 0 Å². The van der Waals surface area contributed by atoms with Gasteiger partial charge < -0.3 is 5.32 Å². The third-order valence-electron chi connectivity index (χ3n) is 4.58. The van der Waals surface area contributed by atoms with Crippen molar-refractivity contribution in [1.82, 2.24) is 10.2 Å². The summed E-state index contributed by atoms with van der Waals surface area (Å²) in [5, 5.41) is 6.18. The Morgan fingerprint density at radius 1 is 1.00 bits per heavy atom. The van der Waals surface area contributed by atoms with Gasteiger partial charge in [-0.1, -0.05) is 56.2 Å². The molecule has 2 nitrogen and oxygen atoms in total. The topological polar surface area (TPSA) is 15.3 Å². The fourth-order valence-corrected chi connectivity index (χ4v) is 3.37. The first-order chi connectivity index (χ1) is 10.4. The standard InChI is InChI=1S/C19H26N2.2ClH/c1-2-3-8-19(21-13-11-20-12-14-21)18-10-9-16-6-4-5-7-17(16)15-18;;/h4-7,9-10,15,19-20H,2-3,8,11-14H2,1H3;2*1H/t19-;;/m1../s1. The minimum Gasteiger partial charge on any atom is -0.314 e. The number of hydrogen-bond acceptors (Lipinski definition) is 2. The predicted molar refractivity (Wildman–Crippen MR) is 105 cm³/mol. The van der Waals surface area contributed by atoms with Crippen molar-refractivity contribution in [2.24, 2.45) is 0 Å². The number of benzene rings is 2. The molecule has 0 radical (unpaired) electrons. The maximum atomic E-state index is 3.47. The van der Waals surface area contributed by atoms with Gasteiger partial charge in [0.15, 0.2) is 0 Å². The van der Waals surface area contributed by atoms with Crippen molar-refractivity contribution >= 4 is 35.6 Å². The molecule has 1 N–H and O–H groups in total. The van der Waals surface area contributed by atoms with E-state index in [1.807, 2.05) is 0 Å². The normalized spacial score (nSPS) is 16.4. The van der Waals surface area contributed by atoms with Crippen LogP contribution in [0.15, 0.2) is 42.5 Å². The molecule has 0 amide bonds. The van der Waals surface area contributed by atoms with Gasteiger partial charge in [0.25, 0.3) is 0 Å². The zero-order chi connectivity index (χ0) is 14.5. The Morgan fingerprint density at radius 3 is 2.39 bits per heavy atom. The molecule has 2 aromatic carbocycles. The predicted octanol–water partition coefficient (Wildman–Crippen LogP) is 4.82. The van der Waals surface area contributed by atoms with E-state index in [-0.39, 0.29) is 24.8 Å². The van der Waals surface area contributed by atoms with Crippen LogP contribution in [0, 0.1) is 0 Å². The second-order valence-electron chi connectivity index (χ2n) is 6.05. The van der Waals surface area contributed by atoms with Gasteiger partial charge in [0.1, 0.15) is 0 Å². The zero-order valence-electron chi connectivity index (χ0n) is 13.8. The molecule has 0 saturated carbocycles. The largest absolute Gasteiger partial charge is 0.314 e. The van der Waals surface area contributed by atoms with Crippen molar-refractivity contribution in [3.63, 3.8) is 0 Å². The number of fused-ring (bicyclic) bond motifs is 1. The molecule has 1 fully saturated rings. The molecule has 1 aliphatic rings. The maximum Gasteiger partial charge on any atom is 0.0349 e. The van der Waals surface area contributed by atoms with E-state index in [0.717, 1.165) is 13.1 Å². The summed E-state index contributed by atoms with van der Waals surface area (Å²) in [6.45, 7) is 6.87. The van der Waals surface area contributed by atoms with Gasteiger partial charge in [0, 0.05) is 32.2 Å². The molecule has 1 aliphatic heterocycles. The van der Waals surface area contributed by atoms with Gasteiger partial charge in [-0.05, 0) is 28.8 Å². The Morgan fingerprint density at radius 2 is 1.70 bits per heavy atom. The van der Waals surface area contributed by atoms with E-state index >= 15 is 0 Å². The molecular weight excluding hydrogens is 327 g/mol. The Labute approximate surface area is 152 Å². The molecule has 0 aromatic heterocycles. The first kappa shape index (κ1) is 20.2. The van der Waals surface area contributed by atoms with Crippen LogP contribution in [0.2, 0.25) is 0 Å². The van der Waals surface area contributed by atoms with Crippen molar-refractivity contribution < 1.29 is 0 Å². The molecule has 3 rings (SSSR count). The fourth-order valence-electron chi connectivity index (χ4n) is 3.37. The van der Waals surface area contributed by atoms with Gasteiger partial charge in [0.2, 0.25) is 0 Å². The Kier molecular flexibility index (Phi) is 8.93. The van der Waals surface area contributed by atoms with Crippen LogP contribution < -0.4 is 5.32 Å². The zero-order valence-corrected chi connectivity index (χ0v) is 15.5. The minimum atomic E-state index is 0. The van der Waals surface area contributed by atoms with Crippen LogP contribution in [0.25, 0.3) is 10.8 Å². The van der Waals surface area contributed by atoms with E-state index in [1.165, 1.54) is 48.7 Å². The van der Waals surface area contributed by atoms with E-state index in [1.54, 1.807) is 0 Å². The lowest BCUT2D eigenvalue weighted by Gasteiger charge is -2.35. The lowest BCUT2D eigenvalue weighted by atomic mass is 9.96. The SMILES string of the molecule is CCCC[C@H](c1ccc2ccccc2c1)N1CCNCC1.Cl.Cl. The maximum absolute atomic E-state index is 3.47. The van der Waals surface area contributed by atoms with Gasteiger partial charge in [-0.15, -0.1) is 24.8 Å². The first-order valence-corrected chi connectivity index (χ1v) is 8.32. The Hall–Kier alpha value is -0.800. The molecule has 0 spiro atoms. The van der Waals surface area contributed by atoms with Gasteiger partial charge in [-0.25, -0.2) is 0 Å². The monoisotopic (exact) mass is 354 g/mol. The summed E-state index contributed by atoms with van der Waals surface area (Å²) < 4.78 is 0.